The van der Waals surface area contributed by atoms with Gasteiger partial charge in [0.2, 0.25) is 0 Å². The van der Waals surface area contributed by atoms with Crippen LogP contribution in [0.25, 0.3) is 0 Å². The van der Waals surface area contributed by atoms with E-state index in [9.17, 15) is 4.79 Å². The lowest BCUT2D eigenvalue weighted by molar-refractivity contribution is -0.111. The fraction of sp³-hybridized carbons (Fsp3) is 0.600. The van der Waals surface area contributed by atoms with Gasteiger partial charge >= 0.3 is 0 Å². The molecule has 1 heterocycles. The van der Waals surface area contributed by atoms with Gasteiger partial charge in [0.25, 0.3) is 5.91 Å². The number of pyridine rings is 1. The van der Waals surface area contributed by atoms with Crippen LogP contribution in [0, 0.1) is 5.41 Å². The van der Waals surface area contributed by atoms with Crippen molar-refractivity contribution in [3.63, 3.8) is 0 Å². The van der Waals surface area contributed by atoms with E-state index in [2.05, 4.69) is 29.5 Å². The molecule has 0 radical (unpaired) electrons. The lowest BCUT2D eigenvalue weighted by atomic mass is 9.64. The van der Waals surface area contributed by atoms with Crippen LogP contribution in [0.5, 0.6) is 0 Å². The van der Waals surface area contributed by atoms with Crippen LogP contribution in [0.1, 0.15) is 37.6 Å². The van der Waals surface area contributed by atoms with E-state index in [-0.39, 0.29) is 23.5 Å². The van der Waals surface area contributed by atoms with Crippen molar-refractivity contribution in [2.75, 3.05) is 19.0 Å². The van der Waals surface area contributed by atoms with Crippen molar-refractivity contribution in [3.8, 4) is 0 Å². The van der Waals surface area contributed by atoms with Gasteiger partial charge in [-0.15, -0.1) is 0 Å². The van der Waals surface area contributed by atoms with Crippen molar-refractivity contribution in [1.29, 1.82) is 0 Å². The molecule has 1 fully saturated rings. The first kappa shape index (κ1) is 16.0. The number of nitrogens with zero attached hydrogens (tertiary/aromatic N) is 1. The van der Waals surface area contributed by atoms with Gasteiger partial charge in [-0.1, -0.05) is 25.4 Å². The third-order valence-electron chi connectivity index (χ3n) is 4.21. The van der Waals surface area contributed by atoms with Crippen molar-refractivity contribution in [3.05, 3.63) is 22.8 Å². The fourth-order valence-electron chi connectivity index (χ4n) is 2.60. The zero-order valence-electron chi connectivity index (χ0n) is 12.9. The third kappa shape index (κ3) is 3.14. The maximum Gasteiger partial charge on any atom is 0.253 e. The van der Waals surface area contributed by atoms with Crippen LogP contribution in [0.2, 0.25) is 5.02 Å². The van der Waals surface area contributed by atoms with E-state index in [1.807, 2.05) is 6.92 Å². The molecule has 2 N–H and O–H groups in total. The van der Waals surface area contributed by atoms with Crippen LogP contribution >= 0.6 is 11.6 Å². The molecule has 0 saturated heterocycles. The van der Waals surface area contributed by atoms with E-state index >= 15 is 0 Å². The number of hydrogen-bond donors (Lipinski definition) is 2. The topological polar surface area (TPSA) is 63.2 Å². The molecule has 2 rings (SSSR count). The van der Waals surface area contributed by atoms with Crippen molar-refractivity contribution < 1.29 is 9.53 Å². The predicted molar refractivity (Wildman–Crippen MR) is 83.9 cm³/mol. The summed E-state index contributed by atoms with van der Waals surface area (Å²) < 4.78 is 5.67. The highest BCUT2D eigenvalue weighted by molar-refractivity contribution is 6.33. The summed E-state index contributed by atoms with van der Waals surface area (Å²) in [4.78, 5) is 16.5. The van der Waals surface area contributed by atoms with E-state index in [0.29, 0.717) is 23.0 Å². The Morgan fingerprint density at radius 2 is 2.29 bits per heavy atom. The Morgan fingerprint density at radius 1 is 1.57 bits per heavy atom. The standard InChI is InChI=1S/C15H22ClN3O2/c1-5-21-12-7-11(15(12,2)3)19-14(20)9-6-13(17-4)18-8-10(9)16/h6,8,11-12H,5,7H2,1-4H3,(H,17,18)(H,19,20). The van der Waals surface area contributed by atoms with Crippen LogP contribution < -0.4 is 10.6 Å². The SMILES string of the molecule is CCOC1CC(NC(=O)c2cc(NC)ncc2Cl)C1(C)C. The van der Waals surface area contributed by atoms with Gasteiger partial charge in [-0.05, 0) is 19.4 Å². The molecular weight excluding hydrogens is 290 g/mol. The monoisotopic (exact) mass is 311 g/mol. The second-order valence-electron chi connectivity index (χ2n) is 5.83. The van der Waals surface area contributed by atoms with E-state index in [1.165, 1.54) is 6.20 Å². The molecule has 0 aliphatic heterocycles. The Balaban J connectivity index is 2.06. The molecule has 1 aromatic rings. The summed E-state index contributed by atoms with van der Waals surface area (Å²) in [6.07, 6.45) is 2.50. The Morgan fingerprint density at radius 3 is 2.86 bits per heavy atom. The smallest absolute Gasteiger partial charge is 0.253 e. The molecule has 1 saturated carbocycles. The van der Waals surface area contributed by atoms with Gasteiger partial charge in [-0.25, -0.2) is 4.98 Å². The van der Waals surface area contributed by atoms with Crippen molar-refractivity contribution in [1.82, 2.24) is 10.3 Å². The average Bonchev–Trinajstić information content (AvgIpc) is 2.46. The molecule has 21 heavy (non-hydrogen) atoms. The lowest BCUT2D eigenvalue weighted by Crippen LogP contribution is -2.62. The zero-order valence-corrected chi connectivity index (χ0v) is 13.6. The van der Waals surface area contributed by atoms with Gasteiger partial charge in [0.15, 0.2) is 0 Å². The summed E-state index contributed by atoms with van der Waals surface area (Å²) in [5.74, 6) is 0.441. The van der Waals surface area contributed by atoms with E-state index < -0.39 is 0 Å². The molecule has 2 atom stereocenters. The van der Waals surface area contributed by atoms with Crippen LogP contribution in [0.15, 0.2) is 12.3 Å². The van der Waals surface area contributed by atoms with Crippen molar-refractivity contribution in [2.24, 2.45) is 5.41 Å². The summed E-state index contributed by atoms with van der Waals surface area (Å²) in [7, 11) is 1.75. The maximum absolute atomic E-state index is 12.4. The molecule has 0 bridgehead atoms. The van der Waals surface area contributed by atoms with Gasteiger partial charge in [-0.2, -0.15) is 0 Å². The number of carbonyl (C=O) groups is 1. The number of rotatable bonds is 5. The second kappa shape index (κ2) is 6.20. The average molecular weight is 312 g/mol. The Kier molecular flexibility index (Phi) is 4.74. The molecule has 1 aliphatic rings. The molecule has 116 valence electrons. The van der Waals surface area contributed by atoms with Crippen LogP contribution in [0.3, 0.4) is 0 Å². The highest BCUT2D eigenvalue weighted by atomic mass is 35.5. The maximum atomic E-state index is 12.4. The predicted octanol–water partition coefficient (Wildman–Crippen LogP) is 2.71. The number of ether oxygens (including phenoxy) is 1. The number of anilines is 1. The van der Waals surface area contributed by atoms with E-state index in [1.54, 1.807) is 13.1 Å². The summed E-state index contributed by atoms with van der Waals surface area (Å²) in [6.45, 7) is 6.89. The summed E-state index contributed by atoms with van der Waals surface area (Å²) >= 11 is 6.07. The number of carbonyl (C=O) groups excluding carboxylic acids is 1. The van der Waals surface area contributed by atoms with E-state index in [0.717, 1.165) is 6.42 Å². The molecule has 2 unspecified atom stereocenters. The molecule has 0 spiro atoms. The molecule has 5 nitrogen and oxygen atoms in total. The second-order valence-corrected chi connectivity index (χ2v) is 6.23. The summed E-state index contributed by atoms with van der Waals surface area (Å²) in [5.41, 5.74) is 0.364. The Bertz CT molecular complexity index is 534. The number of hydrogen-bond acceptors (Lipinski definition) is 4. The quantitative estimate of drug-likeness (QED) is 0.877. The fourth-order valence-corrected chi connectivity index (χ4v) is 2.79. The van der Waals surface area contributed by atoms with Crippen LogP contribution in [0.4, 0.5) is 5.82 Å². The third-order valence-corrected chi connectivity index (χ3v) is 4.51. The summed E-state index contributed by atoms with van der Waals surface area (Å²) in [5, 5.41) is 6.30. The summed E-state index contributed by atoms with van der Waals surface area (Å²) in [6, 6.07) is 1.74. The van der Waals surface area contributed by atoms with Gasteiger partial charge in [0.1, 0.15) is 5.82 Å². The molecular formula is C15H22ClN3O2. The highest BCUT2D eigenvalue weighted by Crippen LogP contribution is 2.42. The number of aromatic nitrogens is 1. The first-order valence-electron chi connectivity index (χ1n) is 7.15. The lowest BCUT2D eigenvalue weighted by Gasteiger charge is -2.51. The first-order chi connectivity index (χ1) is 9.90. The minimum absolute atomic E-state index is 0.0724. The largest absolute Gasteiger partial charge is 0.378 e. The van der Waals surface area contributed by atoms with Crippen molar-refractivity contribution in [2.45, 2.75) is 39.3 Å². The number of halogens is 1. The molecule has 1 aliphatic carbocycles. The minimum Gasteiger partial charge on any atom is -0.378 e. The molecule has 6 heteroatoms. The zero-order chi connectivity index (χ0) is 15.6. The van der Waals surface area contributed by atoms with Crippen LogP contribution in [-0.4, -0.2) is 36.7 Å². The van der Waals surface area contributed by atoms with Crippen LogP contribution in [-0.2, 0) is 4.74 Å². The van der Waals surface area contributed by atoms with Gasteiger partial charge in [0, 0.05) is 31.3 Å². The first-order valence-corrected chi connectivity index (χ1v) is 7.53. The van der Waals surface area contributed by atoms with Gasteiger partial charge in [-0.3, -0.25) is 4.79 Å². The Hall–Kier alpha value is -1.33. The molecule has 1 aromatic heterocycles. The normalized spacial score (nSPS) is 23.3. The van der Waals surface area contributed by atoms with E-state index in [4.69, 9.17) is 16.3 Å². The van der Waals surface area contributed by atoms with Gasteiger partial charge in [0.05, 0.1) is 16.7 Å². The molecule has 0 aromatic carbocycles. The minimum atomic E-state index is -0.174. The number of amides is 1. The Labute approximate surface area is 130 Å². The highest BCUT2D eigenvalue weighted by Gasteiger charge is 2.49. The van der Waals surface area contributed by atoms with Crippen molar-refractivity contribution >= 4 is 23.3 Å². The molecule has 1 amide bonds. The number of nitrogens with one attached hydrogen (secondary N) is 2. The van der Waals surface area contributed by atoms with Gasteiger partial charge < -0.3 is 15.4 Å².